The Morgan fingerprint density at radius 3 is 2.64 bits per heavy atom. The number of ether oxygens (including phenoxy) is 1. The van der Waals surface area contributed by atoms with Crippen LogP contribution in [-0.4, -0.2) is 63.4 Å². The molecule has 0 bridgehead atoms. The average Bonchev–Trinajstić information content (AvgIpc) is 3.03. The van der Waals surface area contributed by atoms with E-state index >= 15 is 0 Å². The molecule has 0 aromatic heterocycles. The maximum atomic E-state index is 12.5. The van der Waals surface area contributed by atoms with Gasteiger partial charge in [-0.3, -0.25) is 9.89 Å². The number of methoxy groups -OCH3 is 1. The molecule has 1 atom stereocenters. The first kappa shape index (κ1) is 24.8. The van der Waals surface area contributed by atoms with E-state index in [1.54, 1.807) is 14.2 Å². The van der Waals surface area contributed by atoms with E-state index in [0.29, 0.717) is 32.0 Å². The van der Waals surface area contributed by atoms with E-state index in [2.05, 4.69) is 29.5 Å². The zero-order chi connectivity index (χ0) is 20.1. The van der Waals surface area contributed by atoms with Crippen LogP contribution in [0.15, 0.2) is 29.3 Å². The molecule has 0 aliphatic carbocycles. The molecule has 160 valence electrons. The number of likely N-dealkylation sites (tertiary alicyclic amines) is 1. The average molecular weight is 514 g/mol. The van der Waals surface area contributed by atoms with Crippen LogP contribution in [0.5, 0.6) is 5.75 Å². The minimum atomic E-state index is -4.16. The smallest absolute Gasteiger partial charge is 0.401 e. The van der Waals surface area contributed by atoms with E-state index in [1.807, 2.05) is 24.3 Å². The van der Waals surface area contributed by atoms with Gasteiger partial charge in [-0.25, -0.2) is 0 Å². The van der Waals surface area contributed by atoms with Gasteiger partial charge in [0.1, 0.15) is 5.75 Å². The Morgan fingerprint density at radius 1 is 1.32 bits per heavy atom. The van der Waals surface area contributed by atoms with Gasteiger partial charge in [-0.2, -0.15) is 13.2 Å². The summed E-state index contributed by atoms with van der Waals surface area (Å²) in [6.45, 7) is 4.78. The van der Waals surface area contributed by atoms with Crippen molar-refractivity contribution in [3.8, 4) is 5.75 Å². The SMILES string of the molecule is CN=C(NCC(C)(C)c1cccc(OC)c1)NC1CCN(CC(F)(F)F)C1.I. The molecule has 0 saturated carbocycles. The summed E-state index contributed by atoms with van der Waals surface area (Å²) in [5.41, 5.74) is 0.950. The van der Waals surface area contributed by atoms with E-state index in [4.69, 9.17) is 4.74 Å². The summed E-state index contributed by atoms with van der Waals surface area (Å²) in [4.78, 5) is 5.63. The van der Waals surface area contributed by atoms with Gasteiger partial charge in [-0.15, -0.1) is 24.0 Å². The van der Waals surface area contributed by atoms with Crippen LogP contribution in [0.25, 0.3) is 0 Å². The first-order chi connectivity index (χ1) is 12.6. The van der Waals surface area contributed by atoms with E-state index in [0.717, 1.165) is 11.3 Å². The van der Waals surface area contributed by atoms with Crippen molar-refractivity contribution in [1.29, 1.82) is 0 Å². The third-order valence-corrected chi connectivity index (χ3v) is 4.79. The monoisotopic (exact) mass is 514 g/mol. The number of alkyl halides is 3. The minimum absolute atomic E-state index is 0. The maximum absolute atomic E-state index is 12.5. The van der Waals surface area contributed by atoms with Gasteiger partial charge in [0.15, 0.2) is 5.96 Å². The molecule has 1 aliphatic rings. The molecule has 1 aromatic rings. The van der Waals surface area contributed by atoms with Crippen LogP contribution in [0.2, 0.25) is 0 Å². The number of hydrogen-bond acceptors (Lipinski definition) is 3. The lowest BCUT2D eigenvalue weighted by molar-refractivity contribution is -0.143. The summed E-state index contributed by atoms with van der Waals surface area (Å²) in [5, 5.41) is 6.53. The molecular weight excluding hydrogens is 484 g/mol. The molecule has 0 radical (unpaired) electrons. The Bertz CT molecular complexity index is 652. The fraction of sp³-hybridized carbons (Fsp3) is 0.632. The summed E-state index contributed by atoms with van der Waals surface area (Å²) in [6, 6.07) is 7.87. The normalized spacial score (nSPS) is 18.5. The highest BCUT2D eigenvalue weighted by Crippen LogP contribution is 2.26. The molecule has 9 heteroatoms. The summed E-state index contributed by atoms with van der Waals surface area (Å²) < 4.78 is 42.9. The molecule has 1 saturated heterocycles. The maximum Gasteiger partial charge on any atom is 0.401 e. The molecule has 0 amide bonds. The van der Waals surface area contributed by atoms with Crippen molar-refractivity contribution in [2.24, 2.45) is 4.99 Å². The van der Waals surface area contributed by atoms with Crippen molar-refractivity contribution in [2.75, 3.05) is 40.3 Å². The fourth-order valence-corrected chi connectivity index (χ4v) is 3.19. The van der Waals surface area contributed by atoms with Gasteiger partial charge in [-0.1, -0.05) is 26.0 Å². The molecule has 1 aromatic carbocycles. The van der Waals surface area contributed by atoms with Crippen LogP contribution < -0.4 is 15.4 Å². The van der Waals surface area contributed by atoms with Crippen LogP contribution in [0.3, 0.4) is 0 Å². The number of hydrogen-bond donors (Lipinski definition) is 2. The highest BCUT2D eigenvalue weighted by molar-refractivity contribution is 14.0. The van der Waals surface area contributed by atoms with Crippen molar-refractivity contribution in [3.63, 3.8) is 0 Å². The zero-order valence-electron chi connectivity index (χ0n) is 16.8. The molecule has 2 rings (SSSR count). The lowest BCUT2D eigenvalue weighted by Crippen LogP contribution is -2.48. The van der Waals surface area contributed by atoms with Crippen LogP contribution in [0.1, 0.15) is 25.8 Å². The quantitative estimate of drug-likeness (QED) is 0.347. The van der Waals surface area contributed by atoms with E-state index < -0.39 is 12.7 Å². The Morgan fingerprint density at radius 2 is 2.04 bits per heavy atom. The molecule has 0 spiro atoms. The number of nitrogens with one attached hydrogen (secondary N) is 2. The van der Waals surface area contributed by atoms with Crippen molar-refractivity contribution in [3.05, 3.63) is 29.8 Å². The van der Waals surface area contributed by atoms with E-state index in [1.165, 1.54) is 4.90 Å². The van der Waals surface area contributed by atoms with E-state index in [-0.39, 0.29) is 35.4 Å². The summed E-state index contributed by atoms with van der Waals surface area (Å²) in [6.07, 6.45) is -3.49. The molecule has 28 heavy (non-hydrogen) atoms. The van der Waals surface area contributed by atoms with Gasteiger partial charge in [0, 0.05) is 38.1 Å². The predicted molar refractivity (Wildman–Crippen MR) is 117 cm³/mol. The number of rotatable bonds is 6. The highest BCUT2D eigenvalue weighted by Gasteiger charge is 2.34. The Kier molecular flexibility index (Phi) is 9.32. The zero-order valence-corrected chi connectivity index (χ0v) is 19.1. The second-order valence-electron chi connectivity index (χ2n) is 7.52. The molecule has 1 fully saturated rings. The third kappa shape index (κ3) is 7.65. The lowest BCUT2D eigenvalue weighted by atomic mass is 9.84. The van der Waals surface area contributed by atoms with Crippen molar-refractivity contribution >= 4 is 29.9 Å². The fourth-order valence-electron chi connectivity index (χ4n) is 3.19. The van der Waals surface area contributed by atoms with Gasteiger partial charge in [0.2, 0.25) is 0 Å². The van der Waals surface area contributed by atoms with Gasteiger partial charge in [-0.05, 0) is 24.1 Å². The third-order valence-electron chi connectivity index (χ3n) is 4.79. The summed E-state index contributed by atoms with van der Waals surface area (Å²) in [7, 11) is 3.30. The van der Waals surface area contributed by atoms with Gasteiger partial charge in [0.05, 0.1) is 13.7 Å². The number of benzene rings is 1. The number of aliphatic imine (C=N–C) groups is 1. The largest absolute Gasteiger partial charge is 0.497 e. The second kappa shape index (κ2) is 10.5. The minimum Gasteiger partial charge on any atom is -0.497 e. The number of nitrogens with zero attached hydrogens (tertiary/aromatic N) is 2. The first-order valence-electron chi connectivity index (χ1n) is 9.04. The van der Waals surface area contributed by atoms with Crippen molar-refractivity contribution in [1.82, 2.24) is 15.5 Å². The van der Waals surface area contributed by atoms with Gasteiger partial charge in [0.25, 0.3) is 0 Å². The molecule has 2 N–H and O–H groups in total. The molecule has 1 aliphatic heterocycles. The van der Waals surface area contributed by atoms with Crippen molar-refractivity contribution in [2.45, 2.75) is 37.9 Å². The summed E-state index contributed by atoms with van der Waals surface area (Å²) >= 11 is 0. The molecular formula is C19H30F3IN4O. The van der Waals surface area contributed by atoms with Gasteiger partial charge < -0.3 is 15.4 Å². The highest BCUT2D eigenvalue weighted by atomic mass is 127. The lowest BCUT2D eigenvalue weighted by Gasteiger charge is -2.28. The van der Waals surface area contributed by atoms with Crippen LogP contribution in [0, 0.1) is 0 Å². The Balaban J connectivity index is 0.00000392. The summed E-state index contributed by atoms with van der Waals surface area (Å²) in [5.74, 6) is 1.41. The van der Waals surface area contributed by atoms with Crippen LogP contribution in [-0.2, 0) is 5.41 Å². The van der Waals surface area contributed by atoms with Crippen molar-refractivity contribution < 1.29 is 17.9 Å². The topological polar surface area (TPSA) is 48.9 Å². The molecule has 1 unspecified atom stereocenters. The Hall–Kier alpha value is -1.23. The number of halogens is 4. The second-order valence-corrected chi connectivity index (χ2v) is 7.52. The van der Waals surface area contributed by atoms with Crippen LogP contribution >= 0.6 is 24.0 Å². The number of guanidine groups is 1. The first-order valence-corrected chi connectivity index (χ1v) is 9.04. The van der Waals surface area contributed by atoms with Gasteiger partial charge >= 0.3 is 6.18 Å². The predicted octanol–water partition coefficient (Wildman–Crippen LogP) is 3.39. The Labute approximate surface area is 182 Å². The van der Waals surface area contributed by atoms with E-state index in [9.17, 15) is 13.2 Å². The molecule has 1 heterocycles. The standard InChI is InChI=1S/C19H29F3N4O.HI/c1-18(2,14-6-5-7-16(10-14)27-4)12-24-17(23-3)25-15-8-9-26(11-15)13-19(20,21)22;/h5-7,10,15H,8-9,11-13H2,1-4H3,(H2,23,24,25);1H. The van der Waals surface area contributed by atoms with Crippen LogP contribution in [0.4, 0.5) is 13.2 Å². The molecule has 5 nitrogen and oxygen atoms in total.